The number of hydrogen-bond donors (Lipinski definition) is 0. The highest BCUT2D eigenvalue weighted by Gasteiger charge is 2.22. The van der Waals surface area contributed by atoms with Gasteiger partial charge in [0.15, 0.2) is 0 Å². The van der Waals surface area contributed by atoms with Gasteiger partial charge in [0.25, 0.3) is 0 Å². The normalized spacial score (nSPS) is 13.6. The lowest BCUT2D eigenvalue weighted by atomic mass is 10.2. The molecule has 5 nitrogen and oxygen atoms in total. The number of nitrogens with zero attached hydrogens (tertiary/aromatic N) is 2. The highest BCUT2D eigenvalue weighted by Crippen LogP contribution is 2.13. The monoisotopic (exact) mass is 282 g/mol. The predicted molar refractivity (Wildman–Crippen MR) is 77.2 cm³/mol. The molecule has 1 rings (SSSR count). The van der Waals surface area contributed by atoms with Gasteiger partial charge in [-0.05, 0) is 41.0 Å². The predicted octanol–water partition coefficient (Wildman–Crippen LogP) is 2.93. The second-order valence-corrected chi connectivity index (χ2v) is 6.18. The Hall–Kier alpha value is -1.36. The molecule has 0 aromatic carbocycles. The number of carbonyl (C=O) groups excluding carboxylic acids is 1. The van der Waals surface area contributed by atoms with Crippen molar-refractivity contribution in [2.45, 2.75) is 66.2 Å². The molecule has 0 spiro atoms. The molecule has 1 aromatic rings. The van der Waals surface area contributed by atoms with Crippen LogP contribution >= 0.6 is 0 Å². The topological polar surface area (TPSA) is 55.6 Å². The number of ether oxygens (including phenoxy) is 1. The van der Waals surface area contributed by atoms with E-state index in [4.69, 9.17) is 9.26 Å². The first kappa shape index (κ1) is 16.7. The molecule has 0 radical (unpaired) electrons. The van der Waals surface area contributed by atoms with E-state index in [0.29, 0.717) is 6.54 Å². The minimum absolute atomic E-state index is 0.210. The van der Waals surface area contributed by atoms with E-state index in [-0.39, 0.29) is 18.6 Å². The molecule has 0 unspecified atom stereocenters. The van der Waals surface area contributed by atoms with Gasteiger partial charge < -0.3 is 9.26 Å². The van der Waals surface area contributed by atoms with Crippen LogP contribution in [0.5, 0.6) is 0 Å². The molecular formula is C15H26N2O3. The fraction of sp³-hybridized carbons (Fsp3) is 0.733. The van der Waals surface area contributed by atoms with E-state index in [1.807, 2.05) is 33.8 Å². The molecular weight excluding hydrogens is 256 g/mol. The fourth-order valence-corrected chi connectivity index (χ4v) is 1.87. The molecule has 1 heterocycles. The van der Waals surface area contributed by atoms with Gasteiger partial charge in [0, 0.05) is 18.7 Å². The van der Waals surface area contributed by atoms with Crippen LogP contribution in [0.2, 0.25) is 0 Å². The fourth-order valence-electron chi connectivity index (χ4n) is 1.87. The van der Waals surface area contributed by atoms with Crippen LogP contribution in [0.15, 0.2) is 10.6 Å². The van der Waals surface area contributed by atoms with Gasteiger partial charge in [0.05, 0.1) is 12.2 Å². The van der Waals surface area contributed by atoms with E-state index in [1.165, 1.54) is 0 Å². The van der Waals surface area contributed by atoms with Crippen LogP contribution in [0.1, 0.15) is 52.5 Å². The third-order valence-electron chi connectivity index (χ3n) is 3.01. The van der Waals surface area contributed by atoms with Gasteiger partial charge in [-0.3, -0.25) is 9.69 Å². The summed E-state index contributed by atoms with van der Waals surface area (Å²) >= 11 is 0. The smallest absolute Gasteiger partial charge is 0.320 e. The second kappa shape index (κ2) is 6.88. The molecule has 20 heavy (non-hydrogen) atoms. The lowest BCUT2D eigenvalue weighted by molar-refractivity contribution is -0.156. The van der Waals surface area contributed by atoms with Crippen LogP contribution in [0, 0.1) is 6.92 Å². The molecule has 0 amide bonds. The Morgan fingerprint density at radius 1 is 1.50 bits per heavy atom. The standard InChI is InChI=1S/C15H26N2O3/c1-7-11(2)17(9-13-8-12(3)20-16-13)10-14(18)19-15(4,5)6/h8,11H,7,9-10H2,1-6H3/t11-/m1/s1. The molecule has 1 aromatic heterocycles. The third kappa shape index (κ3) is 5.74. The van der Waals surface area contributed by atoms with Crippen molar-refractivity contribution in [2.75, 3.05) is 6.54 Å². The van der Waals surface area contributed by atoms with Gasteiger partial charge in [-0.2, -0.15) is 0 Å². The molecule has 0 saturated carbocycles. The Bertz CT molecular complexity index is 435. The maximum Gasteiger partial charge on any atom is 0.320 e. The van der Waals surface area contributed by atoms with E-state index in [0.717, 1.165) is 17.9 Å². The summed E-state index contributed by atoms with van der Waals surface area (Å²) < 4.78 is 10.5. The molecule has 0 saturated heterocycles. The van der Waals surface area contributed by atoms with Crippen molar-refractivity contribution >= 4 is 5.97 Å². The van der Waals surface area contributed by atoms with E-state index < -0.39 is 5.60 Å². The number of aryl methyl sites for hydroxylation is 1. The molecule has 0 N–H and O–H groups in total. The van der Waals surface area contributed by atoms with Crippen LogP contribution in [0.25, 0.3) is 0 Å². The molecule has 0 aliphatic rings. The van der Waals surface area contributed by atoms with E-state index in [9.17, 15) is 4.79 Å². The molecule has 5 heteroatoms. The van der Waals surface area contributed by atoms with Crippen molar-refractivity contribution in [1.29, 1.82) is 0 Å². The summed E-state index contributed by atoms with van der Waals surface area (Å²) in [7, 11) is 0. The molecule has 0 aliphatic carbocycles. The molecule has 0 fully saturated rings. The number of hydrogen-bond acceptors (Lipinski definition) is 5. The van der Waals surface area contributed by atoms with Gasteiger partial charge in [0.2, 0.25) is 0 Å². The summed E-state index contributed by atoms with van der Waals surface area (Å²) in [5.41, 5.74) is 0.384. The highest BCUT2D eigenvalue weighted by atomic mass is 16.6. The Balaban J connectivity index is 2.67. The van der Waals surface area contributed by atoms with Crippen molar-refractivity contribution in [1.82, 2.24) is 10.1 Å². The Morgan fingerprint density at radius 3 is 2.60 bits per heavy atom. The summed E-state index contributed by atoms with van der Waals surface area (Å²) in [5, 5.41) is 3.99. The zero-order valence-electron chi connectivity index (χ0n) is 13.4. The Morgan fingerprint density at radius 2 is 2.15 bits per heavy atom. The second-order valence-electron chi connectivity index (χ2n) is 6.18. The van der Waals surface area contributed by atoms with Crippen molar-refractivity contribution in [2.24, 2.45) is 0 Å². The lowest BCUT2D eigenvalue weighted by Crippen LogP contribution is -2.39. The van der Waals surface area contributed by atoms with Crippen molar-refractivity contribution in [3.8, 4) is 0 Å². The summed E-state index contributed by atoms with van der Waals surface area (Å²) in [5.74, 6) is 0.569. The zero-order chi connectivity index (χ0) is 15.3. The van der Waals surface area contributed by atoms with Crippen LogP contribution < -0.4 is 0 Å². The maximum absolute atomic E-state index is 12.0. The summed E-state index contributed by atoms with van der Waals surface area (Å²) in [6, 6.07) is 2.17. The average Bonchev–Trinajstić information content (AvgIpc) is 2.70. The number of aromatic nitrogens is 1. The average molecular weight is 282 g/mol. The minimum Gasteiger partial charge on any atom is -0.459 e. The van der Waals surface area contributed by atoms with Gasteiger partial charge >= 0.3 is 5.97 Å². The summed E-state index contributed by atoms with van der Waals surface area (Å²) in [6.45, 7) is 12.5. The highest BCUT2D eigenvalue weighted by molar-refractivity contribution is 5.72. The Kier molecular flexibility index (Phi) is 5.74. The minimum atomic E-state index is -0.456. The van der Waals surface area contributed by atoms with Crippen LogP contribution in [0.4, 0.5) is 0 Å². The van der Waals surface area contributed by atoms with Crippen molar-refractivity contribution < 1.29 is 14.1 Å². The summed E-state index contributed by atoms with van der Waals surface area (Å²) in [4.78, 5) is 14.0. The van der Waals surface area contributed by atoms with E-state index >= 15 is 0 Å². The van der Waals surface area contributed by atoms with Gasteiger partial charge in [-0.1, -0.05) is 12.1 Å². The SMILES string of the molecule is CC[C@@H](C)N(CC(=O)OC(C)(C)C)Cc1cc(C)on1. The zero-order valence-corrected chi connectivity index (χ0v) is 13.4. The Labute approximate surface area is 121 Å². The van der Waals surface area contributed by atoms with Gasteiger partial charge in [-0.25, -0.2) is 0 Å². The largest absolute Gasteiger partial charge is 0.459 e. The molecule has 0 aliphatic heterocycles. The molecule has 0 bridgehead atoms. The first-order chi connectivity index (χ1) is 9.21. The van der Waals surface area contributed by atoms with Gasteiger partial charge in [0.1, 0.15) is 11.4 Å². The molecule has 1 atom stereocenters. The van der Waals surface area contributed by atoms with Crippen molar-refractivity contribution in [3.05, 3.63) is 17.5 Å². The maximum atomic E-state index is 12.0. The summed E-state index contributed by atoms with van der Waals surface area (Å²) in [6.07, 6.45) is 0.958. The number of esters is 1. The molecule has 114 valence electrons. The van der Waals surface area contributed by atoms with Gasteiger partial charge in [-0.15, -0.1) is 0 Å². The van der Waals surface area contributed by atoms with E-state index in [2.05, 4.69) is 23.9 Å². The lowest BCUT2D eigenvalue weighted by Gasteiger charge is -2.28. The first-order valence-corrected chi connectivity index (χ1v) is 7.09. The van der Waals surface area contributed by atoms with Crippen LogP contribution in [-0.2, 0) is 16.1 Å². The number of carbonyl (C=O) groups is 1. The number of rotatable bonds is 6. The quantitative estimate of drug-likeness (QED) is 0.751. The third-order valence-corrected chi connectivity index (χ3v) is 3.01. The van der Waals surface area contributed by atoms with Crippen LogP contribution in [0.3, 0.4) is 0 Å². The van der Waals surface area contributed by atoms with Crippen molar-refractivity contribution in [3.63, 3.8) is 0 Å². The van der Waals surface area contributed by atoms with Crippen LogP contribution in [-0.4, -0.2) is 34.2 Å². The first-order valence-electron chi connectivity index (χ1n) is 7.09. The van der Waals surface area contributed by atoms with E-state index in [1.54, 1.807) is 0 Å².